The van der Waals surface area contributed by atoms with Gasteiger partial charge in [0.1, 0.15) is 29.5 Å². The molecule has 0 unspecified atom stereocenters. The largest absolute Gasteiger partial charge is 0.490 e. The van der Waals surface area contributed by atoms with E-state index in [1.807, 2.05) is 48.5 Å². The standard InChI is InChI=1S/C28H28N4O4/c1-28(2,20-5-11-23(12-6-20)35-25-17-26(18-25)36-27(29)33)19-3-9-22(10-4-19)34-24-13-7-21(8-14-24)32-30-15-16-31-32/h3-16,25-26H,17-18H2,1-2H3,(H2,29,33). The van der Waals surface area contributed by atoms with Gasteiger partial charge >= 0.3 is 6.09 Å². The number of hydrogen-bond acceptors (Lipinski definition) is 6. The number of nitrogens with zero attached hydrogens (tertiary/aromatic N) is 3. The molecule has 0 bridgehead atoms. The summed E-state index contributed by atoms with van der Waals surface area (Å²) in [6, 6.07) is 23.9. The molecule has 1 aliphatic carbocycles. The maximum absolute atomic E-state index is 10.8. The molecule has 36 heavy (non-hydrogen) atoms. The minimum absolute atomic E-state index is 0.0409. The molecule has 8 heteroatoms. The van der Waals surface area contributed by atoms with E-state index in [-0.39, 0.29) is 17.6 Å². The first-order chi connectivity index (χ1) is 17.4. The summed E-state index contributed by atoms with van der Waals surface area (Å²) in [7, 11) is 0. The topological polar surface area (TPSA) is 101 Å². The molecule has 1 fully saturated rings. The number of carbonyl (C=O) groups is 1. The lowest BCUT2D eigenvalue weighted by molar-refractivity contribution is -0.0197. The zero-order valence-electron chi connectivity index (χ0n) is 20.2. The highest BCUT2D eigenvalue weighted by molar-refractivity contribution is 5.64. The summed E-state index contributed by atoms with van der Waals surface area (Å²) < 4.78 is 17.0. The number of benzene rings is 3. The van der Waals surface area contributed by atoms with Gasteiger partial charge in [0.25, 0.3) is 0 Å². The highest BCUT2D eigenvalue weighted by Crippen LogP contribution is 2.35. The Hall–Kier alpha value is -4.33. The molecule has 1 saturated carbocycles. The first-order valence-electron chi connectivity index (χ1n) is 11.9. The van der Waals surface area contributed by atoms with Crippen molar-refractivity contribution in [3.63, 3.8) is 0 Å². The van der Waals surface area contributed by atoms with E-state index in [9.17, 15) is 4.79 Å². The van der Waals surface area contributed by atoms with Crippen LogP contribution in [0.3, 0.4) is 0 Å². The fourth-order valence-corrected chi connectivity index (χ4v) is 4.26. The van der Waals surface area contributed by atoms with Gasteiger partial charge in [-0.2, -0.15) is 15.0 Å². The molecule has 1 aromatic heterocycles. The predicted molar refractivity (Wildman–Crippen MR) is 135 cm³/mol. The third-order valence-electron chi connectivity index (χ3n) is 6.51. The van der Waals surface area contributed by atoms with Gasteiger partial charge in [0.05, 0.1) is 18.1 Å². The number of rotatable bonds is 8. The van der Waals surface area contributed by atoms with Crippen LogP contribution < -0.4 is 15.2 Å². The number of carbonyl (C=O) groups excluding carboxylic acids is 1. The molecule has 0 aliphatic heterocycles. The maximum Gasteiger partial charge on any atom is 0.404 e. The summed E-state index contributed by atoms with van der Waals surface area (Å²) in [5.41, 5.74) is 8.07. The van der Waals surface area contributed by atoms with Gasteiger partial charge in [0, 0.05) is 18.3 Å². The van der Waals surface area contributed by atoms with Gasteiger partial charge in [0.2, 0.25) is 0 Å². The van der Waals surface area contributed by atoms with Crippen LogP contribution in [-0.4, -0.2) is 33.3 Å². The van der Waals surface area contributed by atoms with Gasteiger partial charge in [-0.1, -0.05) is 38.1 Å². The fourth-order valence-electron chi connectivity index (χ4n) is 4.26. The van der Waals surface area contributed by atoms with Crippen LogP contribution in [0.4, 0.5) is 4.79 Å². The van der Waals surface area contributed by atoms with Crippen LogP contribution in [-0.2, 0) is 10.2 Å². The summed E-state index contributed by atoms with van der Waals surface area (Å²) in [5, 5.41) is 8.26. The van der Waals surface area contributed by atoms with Gasteiger partial charge in [-0.25, -0.2) is 4.79 Å². The second-order valence-electron chi connectivity index (χ2n) is 9.36. The molecule has 0 atom stereocenters. The molecular weight excluding hydrogens is 456 g/mol. The monoisotopic (exact) mass is 484 g/mol. The third kappa shape index (κ3) is 5.17. The molecule has 3 aromatic carbocycles. The Bertz CT molecular complexity index is 1300. The van der Waals surface area contributed by atoms with Crippen LogP contribution in [0, 0.1) is 0 Å². The summed E-state index contributed by atoms with van der Waals surface area (Å²) >= 11 is 0. The molecule has 8 nitrogen and oxygen atoms in total. The number of aromatic nitrogens is 3. The smallest absolute Gasteiger partial charge is 0.404 e. The van der Waals surface area contributed by atoms with Gasteiger partial charge in [-0.3, -0.25) is 0 Å². The third-order valence-corrected chi connectivity index (χ3v) is 6.51. The van der Waals surface area contributed by atoms with Crippen molar-refractivity contribution in [3.05, 3.63) is 96.3 Å². The Labute approximate surface area is 209 Å². The first-order valence-corrected chi connectivity index (χ1v) is 11.9. The van der Waals surface area contributed by atoms with Crippen LogP contribution in [0.2, 0.25) is 0 Å². The van der Waals surface area contributed by atoms with Crippen molar-refractivity contribution in [2.45, 2.75) is 44.3 Å². The molecule has 4 aromatic rings. The van der Waals surface area contributed by atoms with Crippen LogP contribution in [0.5, 0.6) is 17.2 Å². The second-order valence-corrected chi connectivity index (χ2v) is 9.36. The van der Waals surface area contributed by atoms with Gasteiger partial charge in [0.15, 0.2) is 0 Å². The van der Waals surface area contributed by atoms with Crippen LogP contribution in [0.1, 0.15) is 37.8 Å². The minimum atomic E-state index is -0.734. The first kappa shape index (κ1) is 23.4. The van der Waals surface area contributed by atoms with Crippen molar-refractivity contribution in [2.24, 2.45) is 5.73 Å². The van der Waals surface area contributed by atoms with E-state index >= 15 is 0 Å². The Morgan fingerprint density at radius 2 is 1.31 bits per heavy atom. The van der Waals surface area contributed by atoms with Crippen molar-refractivity contribution in [2.75, 3.05) is 0 Å². The molecule has 1 heterocycles. The van der Waals surface area contributed by atoms with Crippen LogP contribution in [0.25, 0.3) is 5.69 Å². The van der Waals surface area contributed by atoms with E-state index in [0.29, 0.717) is 12.8 Å². The fraction of sp³-hybridized carbons (Fsp3) is 0.250. The van der Waals surface area contributed by atoms with Crippen LogP contribution >= 0.6 is 0 Å². The molecular formula is C28H28N4O4. The van der Waals surface area contributed by atoms with Gasteiger partial charge in [-0.05, 0) is 59.7 Å². The minimum Gasteiger partial charge on any atom is -0.490 e. The van der Waals surface area contributed by atoms with Crippen molar-refractivity contribution in [1.82, 2.24) is 15.0 Å². The number of hydrogen-bond donors (Lipinski definition) is 1. The molecule has 0 saturated heterocycles. The van der Waals surface area contributed by atoms with Crippen molar-refractivity contribution < 1.29 is 19.0 Å². The zero-order chi connectivity index (χ0) is 25.1. The van der Waals surface area contributed by atoms with Crippen LogP contribution in [0.15, 0.2) is 85.2 Å². The molecule has 1 amide bonds. The van der Waals surface area contributed by atoms with Crippen molar-refractivity contribution in [1.29, 1.82) is 0 Å². The quantitative estimate of drug-likeness (QED) is 0.360. The Kier molecular flexibility index (Phi) is 6.33. The Balaban J connectivity index is 1.19. The van der Waals surface area contributed by atoms with E-state index in [0.717, 1.165) is 22.9 Å². The van der Waals surface area contributed by atoms with E-state index in [4.69, 9.17) is 19.9 Å². The lowest BCUT2D eigenvalue weighted by atomic mass is 9.78. The van der Waals surface area contributed by atoms with Gasteiger partial charge in [-0.15, -0.1) is 0 Å². The SMILES string of the molecule is CC(C)(c1ccc(Oc2ccc(-n3nccn3)cc2)cc1)c1ccc(OC2CC(OC(N)=O)C2)cc1. The second kappa shape index (κ2) is 9.73. The molecule has 0 spiro atoms. The highest BCUT2D eigenvalue weighted by Gasteiger charge is 2.33. The lowest BCUT2D eigenvalue weighted by Crippen LogP contribution is -2.41. The molecule has 5 rings (SSSR count). The number of ether oxygens (including phenoxy) is 3. The average molecular weight is 485 g/mol. The Morgan fingerprint density at radius 3 is 1.83 bits per heavy atom. The summed E-state index contributed by atoms with van der Waals surface area (Å²) in [4.78, 5) is 12.4. The summed E-state index contributed by atoms with van der Waals surface area (Å²) in [6.45, 7) is 4.39. The van der Waals surface area contributed by atoms with E-state index < -0.39 is 6.09 Å². The zero-order valence-corrected chi connectivity index (χ0v) is 20.2. The summed E-state index contributed by atoms with van der Waals surface area (Å²) in [5.74, 6) is 2.31. The lowest BCUT2D eigenvalue weighted by Gasteiger charge is -2.34. The number of nitrogens with two attached hydrogens (primary N) is 1. The molecule has 0 radical (unpaired) electrons. The number of primary amides is 1. The molecule has 2 N–H and O–H groups in total. The number of amides is 1. The Morgan fingerprint density at radius 1 is 0.806 bits per heavy atom. The van der Waals surface area contributed by atoms with Crippen molar-refractivity contribution >= 4 is 6.09 Å². The molecule has 184 valence electrons. The summed E-state index contributed by atoms with van der Waals surface area (Å²) in [6.07, 6.45) is 3.78. The normalized spacial score (nSPS) is 17.2. The maximum atomic E-state index is 10.8. The highest BCUT2D eigenvalue weighted by atomic mass is 16.6. The van der Waals surface area contributed by atoms with Gasteiger partial charge < -0.3 is 19.9 Å². The van der Waals surface area contributed by atoms with E-state index in [1.165, 1.54) is 11.1 Å². The molecule has 1 aliphatic rings. The predicted octanol–water partition coefficient (Wildman–Crippen LogP) is 5.39. The van der Waals surface area contributed by atoms with Crippen molar-refractivity contribution in [3.8, 4) is 22.9 Å². The van der Waals surface area contributed by atoms with E-state index in [2.05, 4.69) is 48.3 Å². The average Bonchev–Trinajstić information content (AvgIpc) is 3.39. The van der Waals surface area contributed by atoms with E-state index in [1.54, 1.807) is 17.2 Å².